The zero-order chi connectivity index (χ0) is 21.5. The molecule has 156 valence electrons. The molecule has 2 aliphatic rings. The van der Waals surface area contributed by atoms with E-state index in [9.17, 15) is 4.79 Å². The number of nitrogens with zero attached hydrogens (tertiary/aromatic N) is 5. The molecule has 0 unspecified atom stereocenters. The van der Waals surface area contributed by atoms with Crippen molar-refractivity contribution in [2.75, 3.05) is 18.4 Å². The number of nitrogens with one attached hydrogen (secondary N) is 1. The highest BCUT2D eigenvalue weighted by Crippen LogP contribution is 2.53. The summed E-state index contributed by atoms with van der Waals surface area (Å²) in [6.07, 6.45) is 3.51. The lowest BCUT2D eigenvalue weighted by atomic mass is 10.0. The van der Waals surface area contributed by atoms with Crippen molar-refractivity contribution in [1.29, 1.82) is 5.26 Å². The number of amides is 1. The van der Waals surface area contributed by atoms with E-state index in [1.165, 1.54) is 0 Å². The second-order valence-corrected chi connectivity index (χ2v) is 9.13. The number of aromatic nitrogens is 3. The van der Waals surface area contributed by atoms with Crippen LogP contribution in [0.15, 0.2) is 24.4 Å². The standard InChI is InChI=1S/C22H26N6O2/c1-14-16(19-24-10-7-15(11-23)26-19)5-6-18(25-14)27-17-12-28(13-22(17)8-9-22)20(29)30-21(2,3)4/h5-7,10,17H,8-9,12-13H2,1-4H3,(H,25,27)/t17-/m1/s1. The summed E-state index contributed by atoms with van der Waals surface area (Å²) < 4.78 is 5.55. The molecule has 1 spiro atoms. The SMILES string of the molecule is Cc1nc(N[C@@H]2CN(C(=O)OC(C)(C)C)CC23CC3)ccc1-c1nccc(C#N)n1. The molecule has 8 heteroatoms. The second-order valence-electron chi connectivity index (χ2n) is 9.13. The maximum atomic E-state index is 12.5. The average molecular weight is 406 g/mol. The number of pyridine rings is 1. The third-order valence-electron chi connectivity index (χ3n) is 5.61. The number of anilines is 1. The van der Waals surface area contributed by atoms with Gasteiger partial charge in [-0.3, -0.25) is 0 Å². The first-order valence-corrected chi connectivity index (χ1v) is 10.1. The van der Waals surface area contributed by atoms with Crippen molar-refractivity contribution < 1.29 is 9.53 Å². The summed E-state index contributed by atoms with van der Waals surface area (Å²) in [7, 11) is 0. The molecule has 30 heavy (non-hydrogen) atoms. The van der Waals surface area contributed by atoms with Crippen LogP contribution >= 0.6 is 0 Å². The fraction of sp³-hybridized carbons (Fsp3) is 0.500. The van der Waals surface area contributed by atoms with Gasteiger partial charge in [0.1, 0.15) is 23.2 Å². The summed E-state index contributed by atoms with van der Waals surface area (Å²) >= 11 is 0. The first-order chi connectivity index (χ1) is 14.2. The Labute approximate surface area is 176 Å². The van der Waals surface area contributed by atoms with E-state index in [1.54, 1.807) is 17.2 Å². The summed E-state index contributed by atoms with van der Waals surface area (Å²) in [6.45, 7) is 8.86. The minimum Gasteiger partial charge on any atom is -0.444 e. The van der Waals surface area contributed by atoms with Gasteiger partial charge in [-0.05, 0) is 58.7 Å². The molecule has 1 saturated heterocycles. The molecule has 3 heterocycles. The van der Waals surface area contributed by atoms with Crippen LogP contribution in [0.2, 0.25) is 0 Å². The molecule has 1 aliphatic carbocycles. The van der Waals surface area contributed by atoms with Gasteiger partial charge in [-0.2, -0.15) is 5.26 Å². The van der Waals surface area contributed by atoms with E-state index in [1.807, 2.05) is 45.9 Å². The fourth-order valence-electron chi connectivity index (χ4n) is 3.91. The number of carbonyl (C=O) groups is 1. The zero-order valence-electron chi connectivity index (χ0n) is 17.8. The van der Waals surface area contributed by atoms with Crippen LogP contribution in [0.25, 0.3) is 11.4 Å². The fourth-order valence-corrected chi connectivity index (χ4v) is 3.91. The summed E-state index contributed by atoms with van der Waals surface area (Å²) in [5.74, 6) is 1.25. The van der Waals surface area contributed by atoms with Gasteiger partial charge in [0.2, 0.25) is 0 Å². The van der Waals surface area contributed by atoms with Gasteiger partial charge in [0, 0.05) is 30.3 Å². The van der Waals surface area contributed by atoms with Gasteiger partial charge in [0.05, 0.1) is 11.7 Å². The molecule has 4 rings (SSSR count). The lowest BCUT2D eigenvalue weighted by Crippen LogP contribution is -2.36. The Morgan fingerprint density at radius 2 is 2.07 bits per heavy atom. The number of hydrogen-bond acceptors (Lipinski definition) is 7. The van der Waals surface area contributed by atoms with Crippen molar-refractivity contribution in [2.24, 2.45) is 5.41 Å². The number of rotatable bonds is 3. The highest BCUT2D eigenvalue weighted by molar-refractivity contribution is 5.69. The molecule has 0 bridgehead atoms. The minimum absolute atomic E-state index is 0.107. The zero-order valence-corrected chi connectivity index (χ0v) is 17.8. The lowest BCUT2D eigenvalue weighted by molar-refractivity contribution is 0.0285. The number of aryl methyl sites for hydroxylation is 1. The van der Waals surface area contributed by atoms with Crippen LogP contribution in [0.4, 0.5) is 10.6 Å². The predicted molar refractivity (Wildman–Crippen MR) is 112 cm³/mol. The Morgan fingerprint density at radius 1 is 1.30 bits per heavy atom. The Kier molecular flexibility index (Phi) is 4.85. The second kappa shape index (κ2) is 7.24. The number of nitriles is 1. The molecule has 1 aliphatic heterocycles. The molecule has 1 saturated carbocycles. The molecule has 2 aromatic rings. The van der Waals surface area contributed by atoms with Crippen LogP contribution in [-0.4, -0.2) is 50.7 Å². The Balaban J connectivity index is 1.49. The number of likely N-dealkylation sites (tertiary alicyclic amines) is 1. The molecule has 1 atom stereocenters. The van der Waals surface area contributed by atoms with Crippen LogP contribution < -0.4 is 5.32 Å². The quantitative estimate of drug-likeness (QED) is 0.831. The van der Waals surface area contributed by atoms with E-state index < -0.39 is 5.60 Å². The van der Waals surface area contributed by atoms with Gasteiger partial charge in [0.15, 0.2) is 5.82 Å². The molecule has 2 fully saturated rings. The van der Waals surface area contributed by atoms with Gasteiger partial charge < -0.3 is 15.0 Å². The molecule has 0 radical (unpaired) electrons. The normalized spacial score (nSPS) is 19.4. The third kappa shape index (κ3) is 4.06. The van der Waals surface area contributed by atoms with Gasteiger partial charge in [-0.15, -0.1) is 0 Å². The van der Waals surface area contributed by atoms with Crippen molar-refractivity contribution >= 4 is 11.9 Å². The lowest BCUT2D eigenvalue weighted by Gasteiger charge is -2.24. The first kappa shape index (κ1) is 20.1. The van der Waals surface area contributed by atoms with E-state index in [2.05, 4.69) is 20.3 Å². The van der Waals surface area contributed by atoms with Crippen molar-refractivity contribution in [3.8, 4) is 17.5 Å². The molecule has 2 aromatic heterocycles. The van der Waals surface area contributed by atoms with Crippen molar-refractivity contribution in [3.63, 3.8) is 0 Å². The first-order valence-electron chi connectivity index (χ1n) is 10.1. The molecule has 1 amide bonds. The largest absolute Gasteiger partial charge is 0.444 e. The van der Waals surface area contributed by atoms with Crippen molar-refractivity contribution in [1.82, 2.24) is 19.9 Å². The average Bonchev–Trinajstić information content (AvgIpc) is 3.37. The van der Waals surface area contributed by atoms with Crippen LogP contribution in [-0.2, 0) is 4.74 Å². The van der Waals surface area contributed by atoms with Crippen LogP contribution in [0.3, 0.4) is 0 Å². The number of carbonyl (C=O) groups excluding carboxylic acids is 1. The van der Waals surface area contributed by atoms with Gasteiger partial charge in [-0.1, -0.05) is 0 Å². The minimum atomic E-state index is -0.501. The Bertz CT molecular complexity index is 1020. The number of ether oxygens (including phenoxy) is 1. The van der Waals surface area contributed by atoms with Gasteiger partial charge in [-0.25, -0.2) is 19.7 Å². The topological polar surface area (TPSA) is 104 Å². The van der Waals surface area contributed by atoms with Gasteiger partial charge in [0.25, 0.3) is 0 Å². The number of hydrogen-bond donors (Lipinski definition) is 1. The highest BCUT2D eigenvalue weighted by Gasteiger charge is 2.56. The van der Waals surface area contributed by atoms with Crippen LogP contribution in [0.1, 0.15) is 45.0 Å². The smallest absolute Gasteiger partial charge is 0.410 e. The summed E-state index contributed by atoms with van der Waals surface area (Å²) in [5.41, 5.74) is 1.50. The molecular weight excluding hydrogens is 380 g/mol. The summed E-state index contributed by atoms with van der Waals surface area (Å²) in [6, 6.07) is 7.57. The van der Waals surface area contributed by atoms with Crippen molar-refractivity contribution in [3.05, 3.63) is 35.8 Å². The molecule has 0 aromatic carbocycles. The maximum Gasteiger partial charge on any atom is 0.410 e. The predicted octanol–water partition coefficient (Wildman–Crippen LogP) is 3.53. The van der Waals surface area contributed by atoms with E-state index in [0.717, 1.165) is 29.9 Å². The monoisotopic (exact) mass is 406 g/mol. The summed E-state index contributed by atoms with van der Waals surface area (Å²) in [4.78, 5) is 27.5. The van der Waals surface area contributed by atoms with E-state index in [0.29, 0.717) is 24.6 Å². The van der Waals surface area contributed by atoms with E-state index in [-0.39, 0.29) is 17.6 Å². The highest BCUT2D eigenvalue weighted by atomic mass is 16.6. The maximum absolute atomic E-state index is 12.5. The Hall–Kier alpha value is -3.21. The van der Waals surface area contributed by atoms with Crippen LogP contribution in [0, 0.1) is 23.7 Å². The van der Waals surface area contributed by atoms with Crippen LogP contribution in [0.5, 0.6) is 0 Å². The van der Waals surface area contributed by atoms with Gasteiger partial charge >= 0.3 is 6.09 Å². The molecule has 8 nitrogen and oxygen atoms in total. The van der Waals surface area contributed by atoms with E-state index >= 15 is 0 Å². The third-order valence-corrected chi connectivity index (χ3v) is 5.61. The molecule has 1 N–H and O–H groups in total. The summed E-state index contributed by atoms with van der Waals surface area (Å²) in [5, 5.41) is 12.6. The molecular formula is C22H26N6O2. The van der Waals surface area contributed by atoms with E-state index in [4.69, 9.17) is 10.00 Å². The Morgan fingerprint density at radius 3 is 2.70 bits per heavy atom. The van der Waals surface area contributed by atoms with Crippen molar-refractivity contribution in [2.45, 2.75) is 52.2 Å².